The van der Waals surface area contributed by atoms with Crippen molar-refractivity contribution in [2.24, 2.45) is 7.05 Å². The molecule has 0 atom stereocenters. The summed E-state index contributed by atoms with van der Waals surface area (Å²) >= 11 is 7.49. The zero-order valence-electron chi connectivity index (χ0n) is 24.4. The lowest BCUT2D eigenvalue weighted by molar-refractivity contribution is -0.136. The zero-order valence-corrected chi connectivity index (χ0v) is 26.0. The van der Waals surface area contributed by atoms with Crippen LogP contribution in [0.15, 0.2) is 77.9 Å². The number of benzene rings is 3. The van der Waals surface area contributed by atoms with Gasteiger partial charge in [-0.2, -0.15) is 5.10 Å². The molecule has 0 aliphatic rings. The number of carboxylic acids is 1. The molecule has 0 spiro atoms. The van der Waals surface area contributed by atoms with Gasteiger partial charge in [0.2, 0.25) is 0 Å². The van der Waals surface area contributed by atoms with Crippen molar-refractivity contribution in [2.45, 2.75) is 39.7 Å². The standard InChI is InChI=1S/C29H21ClN4O3S.C4H10O/c1-16-11-23-28(27(22(16)13-26(36)37)17-3-7-21(30)8-4-17)38-29(32-23)34-15-19(6-10-25(34)35)18-5-9-24-20(12-18)14-31-33(24)2;1-4(2,3)5/h3-12,14-15H,13H2,1-2H3,(H,36,37);5H,1-3H3. The second-order valence-electron chi connectivity index (χ2n) is 11.3. The number of pyridine rings is 1. The van der Waals surface area contributed by atoms with Crippen molar-refractivity contribution < 1.29 is 15.0 Å². The Bertz CT molecular complexity index is 2030. The van der Waals surface area contributed by atoms with Crippen LogP contribution in [0.3, 0.4) is 0 Å². The summed E-state index contributed by atoms with van der Waals surface area (Å²) in [5, 5.41) is 24.6. The minimum absolute atomic E-state index is 0.126. The van der Waals surface area contributed by atoms with Gasteiger partial charge in [-0.25, -0.2) is 4.98 Å². The van der Waals surface area contributed by atoms with E-state index in [1.165, 1.54) is 17.4 Å². The van der Waals surface area contributed by atoms with Crippen LogP contribution in [0.4, 0.5) is 0 Å². The van der Waals surface area contributed by atoms with Gasteiger partial charge in [0.1, 0.15) is 0 Å². The monoisotopic (exact) mass is 614 g/mol. The van der Waals surface area contributed by atoms with Crippen molar-refractivity contribution in [1.82, 2.24) is 19.3 Å². The van der Waals surface area contributed by atoms with Gasteiger partial charge in [-0.05, 0) is 91.9 Å². The lowest BCUT2D eigenvalue weighted by atomic mass is 9.93. The Morgan fingerprint density at radius 1 is 1.00 bits per heavy atom. The number of carbonyl (C=O) groups is 1. The number of carboxylic acid groups (broad SMARTS) is 1. The van der Waals surface area contributed by atoms with Crippen LogP contribution in [0.2, 0.25) is 5.02 Å². The maximum absolute atomic E-state index is 13.0. The van der Waals surface area contributed by atoms with Crippen LogP contribution >= 0.6 is 22.9 Å². The molecule has 3 aromatic carbocycles. The fourth-order valence-electron chi connectivity index (χ4n) is 4.78. The second kappa shape index (κ2) is 11.8. The molecule has 0 saturated carbocycles. The third-order valence-corrected chi connectivity index (χ3v) is 8.00. The minimum atomic E-state index is -0.915. The number of nitrogens with zero attached hydrogens (tertiary/aromatic N) is 4. The summed E-state index contributed by atoms with van der Waals surface area (Å²) in [5.41, 5.74) is 6.05. The van der Waals surface area contributed by atoms with Gasteiger partial charge in [0, 0.05) is 35.3 Å². The summed E-state index contributed by atoms with van der Waals surface area (Å²) in [5.74, 6) is -0.915. The molecule has 0 saturated heterocycles. The zero-order chi connectivity index (χ0) is 31.1. The van der Waals surface area contributed by atoms with E-state index in [4.69, 9.17) is 21.7 Å². The first-order valence-electron chi connectivity index (χ1n) is 13.6. The van der Waals surface area contributed by atoms with Gasteiger partial charge in [0.25, 0.3) is 5.56 Å². The van der Waals surface area contributed by atoms with Crippen LogP contribution in [-0.4, -0.2) is 41.1 Å². The summed E-state index contributed by atoms with van der Waals surface area (Å²) in [6.45, 7) is 7.12. The predicted molar refractivity (Wildman–Crippen MR) is 173 cm³/mol. The van der Waals surface area contributed by atoms with Crippen molar-refractivity contribution in [3.05, 3.63) is 99.6 Å². The number of aliphatic hydroxyl groups is 1. The van der Waals surface area contributed by atoms with E-state index in [9.17, 15) is 14.7 Å². The molecule has 0 radical (unpaired) electrons. The summed E-state index contributed by atoms with van der Waals surface area (Å²) in [6.07, 6.45) is 3.49. The van der Waals surface area contributed by atoms with E-state index < -0.39 is 11.6 Å². The first kappa shape index (κ1) is 30.2. The molecule has 0 bridgehead atoms. The van der Waals surface area contributed by atoms with E-state index in [0.29, 0.717) is 21.2 Å². The molecule has 220 valence electrons. The number of halogens is 1. The predicted octanol–water partition coefficient (Wildman–Crippen LogP) is 7.03. The summed E-state index contributed by atoms with van der Waals surface area (Å²) in [7, 11) is 1.90. The van der Waals surface area contributed by atoms with Crippen LogP contribution in [0.5, 0.6) is 0 Å². The molecule has 10 heteroatoms. The highest BCUT2D eigenvalue weighted by Gasteiger charge is 2.20. The number of aliphatic carboxylic acids is 1. The second-order valence-corrected chi connectivity index (χ2v) is 12.7. The number of aryl methyl sites for hydroxylation is 2. The minimum Gasteiger partial charge on any atom is -0.481 e. The molecule has 0 unspecified atom stereocenters. The van der Waals surface area contributed by atoms with Gasteiger partial charge >= 0.3 is 5.97 Å². The topological polar surface area (TPSA) is 110 Å². The van der Waals surface area contributed by atoms with Crippen molar-refractivity contribution >= 4 is 50.0 Å². The fourth-order valence-corrected chi connectivity index (χ4v) is 6.02. The Labute approximate surface area is 257 Å². The van der Waals surface area contributed by atoms with Crippen LogP contribution in [-0.2, 0) is 18.3 Å². The van der Waals surface area contributed by atoms with Gasteiger partial charge in [-0.3, -0.25) is 18.8 Å². The van der Waals surface area contributed by atoms with E-state index in [0.717, 1.165) is 43.4 Å². The van der Waals surface area contributed by atoms with Crippen LogP contribution < -0.4 is 5.56 Å². The van der Waals surface area contributed by atoms with Crippen LogP contribution in [0.1, 0.15) is 31.9 Å². The fraction of sp³-hybridized carbons (Fsp3) is 0.212. The Kier molecular flexibility index (Phi) is 8.25. The quantitative estimate of drug-likeness (QED) is 0.216. The van der Waals surface area contributed by atoms with Crippen molar-refractivity contribution in [2.75, 3.05) is 0 Å². The summed E-state index contributed by atoms with van der Waals surface area (Å²) < 4.78 is 4.18. The third-order valence-electron chi connectivity index (χ3n) is 6.66. The molecule has 43 heavy (non-hydrogen) atoms. The van der Waals surface area contributed by atoms with E-state index >= 15 is 0 Å². The van der Waals surface area contributed by atoms with Crippen LogP contribution in [0, 0.1) is 6.92 Å². The molecule has 0 aliphatic heterocycles. The SMILES string of the molecule is CC(C)(C)O.Cc1cc2nc(-n3cc(-c4ccc5c(cnn5C)c4)ccc3=O)sc2c(-c2ccc(Cl)cc2)c1CC(=O)O. The molecule has 3 aromatic heterocycles. The number of rotatable bonds is 5. The number of hydrogen-bond acceptors (Lipinski definition) is 6. The normalized spacial score (nSPS) is 11.5. The van der Waals surface area contributed by atoms with Crippen molar-refractivity contribution in [3.63, 3.8) is 0 Å². The molecule has 6 rings (SSSR count). The molecule has 6 aromatic rings. The first-order valence-corrected chi connectivity index (χ1v) is 14.8. The lowest BCUT2D eigenvalue weighted by Gasteiger charge is -2.13. The van der Waals surface area contributed by atoms with Crippen molar-refractivity contribution in [1.29, 1.82) is 0 Å². The Morgan fingerprint density at radius 2 is 1.65 bits per heavy atom. The highest BCUT2D eigenvalue weighted by atomic mass is 35.5. The Balaban J connectivity index is 0.000000682. The van der Waals surface area contributed by atoms with Crippen molar-refractivity contribution in [3.8, 4) is 27.4 Å². The molecule has 2 N–H and O–H groups in total. The molecule has 0 aliphatic carbocycles. The maximum atomic E-state index is 13.0. The molecular formula is C33H31ClN4O4S. The largest absolute Gasteiger partial charge is 0.481 e. The average molecular weight is 615 g/mol. The van der Waals surface area contributed by atoms with Crippen LogP contribution in [0.25, 0.3) is 48.5 Å². The van der Waals surface area contributed by atoms with Gasteiger partial charge in [0.05, 0.1) is 34.0 Å². The molecule has 0 amide bonds. The molecule has 8 nitrogen and oxygen atoms in total. The maximum Gasteiger partial charge on any atom is 0.307 e. The third kappa shape index (κ3) is 6.69. The summed E-state index contributed by atoms with van der Waals surface area (Å²) in [6, 6.07) is 18.6. The van der Waals surface area contributed by atoms with E-state index in [1.807, 2.05) is 61.2 Å². The van der Waals surface area contributed by atoms with E-state index in [1.54, 1.807) is 49.7 Å². The molecule has 0 fully saturated rings. The van der Waals surface area contributed by atoms with Gasteiger partial charge < -0.3 is 10.2 Å². The lowest BCUT2D eigenvalue weighted by Crippen LogP contribution is -2.16. The van der Waals surface area contributed by atoms with E-state index in [2.05, 4.69) is 5.10 Å². The Hall–Kier alpha value is -4.31. The number of thiazole rings is 1. The Morgan fingerprint density at radius 3 is 2.33 bits per heavy atom. The van der Waals surface area contributed by atoms with Gasteiger partial charge in [0.15, 0.2) is 5.13 Å². The highest BCUT2D eigenvalue weighted by Crippen LogP contribution is 2.39. The van der Waals surface area contributed by atoms with E-state index in [-0.39, 0.29) is 12.0 Å². The smallest absolute Gasteiger partial charge is 0.307 e. The number of aromatic nitrogens is 4. The molecular weight excluding hydrogens is 584 g/mol. The highest BCUT2D eigenvalue weighted by molar-refractivity contribution is 7.21. The first-order chi connectivity index (χ1) is 20.3. The molecule has 3 heterocycles. The van der Waals surface area contributed by atoms with Gasteiger partial charge in [-0.1, -0.05) is 41.1 Å². The number of fused-ring (bicyclic) bond motifs is 2. The average Bonchev–Trinajstić information content (AvgIpc) is 3.51. The number of hydrogen-bond donors (Lipinski definition) is 2. The van der Waals surface area contributed by atoms with Gasteiger partial charge in [-0.15, -0.1) is 0 Å². The summed E-state index contributed by atoms with van der Waals surface area (Å²) in [4.78, 5) is 29.5.